The first-order valence-electron chi connectivity index (χ1n) is 9.03. The van der Waals surface area contributed by atoms with Gasteiger partial charge in [-0.15, -0.1) is 11.3 Å². The molecule has 0 radical (unpaired) electrons. The van der Waals surface area contributed by atoms with Crippen molar-refractivity contribution in [3.8, 4) is 22.1 Å². The van der Waals surface area contributed by atoms with Crippen LogP contribution in [0.5, 0.6) is 11.5 Å². The molecule has 30 heavy (non-hydrogen) atoms. The average Bonchev–Trinajstić information content (AvgIpc) is 3.17. The van der Waals surface area contributed by atoms with Crippen LogP contribution in [-0.4, -0.2) is 25.2 Å². The molecule has 0 aliphatic heterocycles. The molecular weight excluding hydrogens is 422 g/mol. The lowest BCUT2D eigenvalue weighted by atomic mass is 10.2. The minimum Gasteiger partial charge on any atom is -0.493 e. The quantitative estimate of drug-likeness (QED) is 0.384. The second-order valence-corrected chi connectivity index (χ2v) is 7.77. The van der Waals surface area contributed by atoms with Crippen molar-refractivity contribution in [3.05, 3.63) is 65.7 Å². The lowest BCUT2D eigenvalue weighted by Crippen LogP contribution is -2.19. The molecule has 152 valence electrons. The average molecular weight is 440 g/mol. The standard InChI is InChI=1S/C22H18ClN3O3S/c1-28-18-10-8-14(12-19(18)29-2)25-22(27)24-13-7-9-15(16(23)11-13)21-26-17-5-3-4-6-20(17)30-21/h3-12H,1-2H3,(H2,24,25,27). The summed E-state index contributed by atoms with van der Waals surface area (Å²) in [6.07, 6.45) is 0. The highest BCUT2D eigenvalue weighted by Crippen LogP contribution is 2.35. The third-order valence-electron chi connectivity index (χ3n) is 4.39. The van der Waals surface area contributed by atoms with E-state index in [-0.39, 0.29) is 0 Å². The SMILES string of the molecule is COc1ccc(NC(=O)Nc2ccc(-c3nc4ccccc4s3)c(Cl)c2)cc1OC. The van der Waals surface area contributed by atoms with Crippen molar-refractivity contribution in [2.45, 2.75) is 0 Å². The number of carbonyl (C=O) groups is 1. The predicted octanol–water partition coefficient (Wildman–Crippen LogP) is 6.28. The first-order valence-corrected chi connectivity index (χ1v) is 10.2. The van der Waals surface area contributed by atoms with Gasteiger partial charge in [0.25, 0.3) is 0 Å². The summed E-state index contributed by atoms with van der Waals surface area (Å²) < 4.78 is 11.5. The van der Waals surface area contributed by atoms with E-state index < -0.39 is 6.03 Å². The fourth-order valence-electron chi connectivity index (χ4n) is 2.96. The van der Waals surface area contributed by atoms with Crippen molar-refractivity contribution in [2.24, 2.45) is 0 Å². The molecule has 0 atom stereocenters. The Morgan fingerprint density at radius 2 is 1.63 bits per heavy atom. The van der Waals surface area contributed by atoms with Gasteiger partial charge in [-0.3, -0.25) is 0 Å². The molecule has 1 aromatic heterocycles. The number of hydrogen-bond acceptors (Lipinski definition) is 5. The molecule has 3 aromatic carbocycles. The number of hydrogen-bond donors (Lipinski definition) is 2. The number of anilines is 2. The van der Waals surface area contributed by atoms with E-state index in [0.29, 0.717) is 27.9 Å². The zero-order valence-corrected chi connectivity index (χ0v) is 17.8. The molecule has 0 spiro atoms. The Labute approximate surface area is 182 Å². The lowest BCUT2D eigenvalue weighted by molar-refractivity contribution is 0.262. The number of urea groups is 1. The van der Waals surface area contributed by atoms with Crippen LogP contribution in [0.1, 0.15) is 0 Å². The van der Waals surface area contributed by atoms with E-state index in [1.807, 2.05) is 30.3 Å². The highest BCUT2D eigenvalue weighted by Gasteiger charge is 2.12. The summed E-state index contributed by atoms with van der Waals surface area (Å²) in [6.45, 7) is 0. The van der Waals surface area contributed by atoms with Gasteiger partial charge in [0, 0.05) is 23.0 Å². The number of para-hydroxylation sites is 1. The van der Waals surface area contributed by atoms with Crippen LogP contribution in [0.4, 0.5) is 16.2 Å². The second kappa shape index (κ2) is 8.61. The highest BCUT2D eigenvalue weighted by molar-refractivity contribution is 7.21. The van der Waals surface area contributed by atoms with Crippen LogP contribution in [0.25, 0.3) is 20.8 Å². The molecule has 4 aromatic rings. The Morgan fingerprint density at radius 3 is 2.33 bits per heavy atom. The van der Waals surface area contributed by atoms with Gasteiger partial charge in [-0.2, -0.15) is 0 Å². The Hall–Kier alpha value is -3.29. The van der Waals surface area contributed by atoms with Crippen molar-refractivity contribution in [3.63, 3.8) is 0 Å². The molecule has 0 aliphatic rings. The maximum atomic E-state index is 12.4. The number of ether oxygens (including phenoxy) is 2. The van der Waals surface area contributed by atoms with Crippen LogP contribution in [-0.2, 0) is 0 Å². The van der Waals surface area contributed by atoms with Crippen LogP contribution in [0.2, 0.25) is 5.02 Å². The third-order valence-corrected chi connectivity index (χ3v) is 5.78. The molecule has 0 saturated carbocycles. The fraction of sp³-hybridized carbons (Fsp3) is 0.0909. The Kier molecular flexibility index (Phi) is 5.74. The number of fused-ring (bicyclic) bond motifs is 1. The van der Waals surface area contributed by atoms with E-state index in [4.69, 9.17) is 21.1 Å². The molecule has 0 bridgehead atoms. The Morgan fingerprint density at radius 1 is 0.933 bits per heavy atom. The summed E-state index contributed by atoms with van der Waals surface area (Å²) in [7, 11) is 3.09. The maximum absolute atomic E-state index is 12.4. The minimum atomic E-state index is -0.397. The number of nitrogens with zero attached hydrogens (tertiary/aromatic N) is 1. The van der Waals surface area contributed by atoms with Crippen LogP contribution in [0, 0.1) is 0 Å². The molecule has 6 nitrogen and oxygen atoms in total. The van der Waals surface area contributed by atoms with E-state index in [1.165, 1.54) is 7.11 Å². The van der Waals surface area contributed by atoms with Gasteiger partial charge in [0.15, 0.2) is 11.5 Å². The van der Waals surface area contributed by atoms with E-state index in [1.54, 1.807) is 48.8 Å². The number of carbonyl (C=O) groups excluding carboxylic acids is 1. The van der Waals surface area contributed by atoms with Gasteiger partial charge in [0.1, 0.15) is 5.01 Å². The van der Waals surface area contributed by atoms with Gasteiger partial charge in [0.2, 0.25) is 0 Å². The Bertz CT molecular complexity index is 1190. The second-order valence-electron chi connectivity index (χ2n) is 6.33. The first-order chi connectivity index (χ1) is 14.6. The van der Waals surface area contributed by atoms with Crippen LogP contribution in [0.3, 0.4) is 0 Å². The highest BCUT2D eigenvalue weighted by atomic mass is 35.5. The molecule has 2 N–H and O–H groups in total. The number of thiazole rings is 1. The van der Waals surface area contributed by atoms with Gasteiger partial charge < -0.3 is 20.1 Å². The molecular formula is C22H18ClN3O3S. The summed E-state index contributed by atoms with van der Waals surface area (Å²) in [6, 6.07) is 18.0. The number of halogens is 1. The predicted molar refractivity (Wildman–Crippen MR) is 122 cm³/mol. The van der Waals surface area contributed by atoms with E-state index >= 15 is 0 Å². The Balaban J connectivity index is 1.48. The molecule has 1 heterocycles. The van der Waals surface area contributed by atoms with Gasteiger partial charge in [0.05, 0.1) is 29.5 Å². The third kappa shape index (κ3) is 4.17. The van der Waals surface area contributed by atoms with Crippen molar-refractivity contribution >= 4 is 50.6 Å². The molecule has 4 rings (SSSR count). The number of amides is 2. The zero-order chi connectivity index (χ0) is 21.1. The van der Waals surface area contributed by atoms with Crippen LogP contribution < -0.4 is 20.1 Å². The van der Waals surface area contributed by atoms with Gasteiger partial charge in [-0.25, -0.2) is 9.78 Å². The van der Waals surface area contributed by atoms with Gasteiger partial charge >= 0.3 is 6.03 Å². The van der Waals surface area contributed by atoms with Crippen LogP contribution >= 0.6 is 22.9 Å². The summed E-state index contributed by atoms with van der Waals surface area (Å²) in [5.74, 6) is 1.11. The van der Waals surface area contributed by atoms with Crippen molar-refractivity contribution in [1.29, 1.82) is 0 Å². The molecule has 2 amide bonds. The molecule has 0 aliphatic carbocycles. The smallest absolute Gasteiger partial charge is 0.323 e. The van der Waals surface area contributed by atoms with E-state index in [2.05, 4.69) is 15.6 Å². The largest absolute Gasteiger partial charge is 0.493 e. The monoisotopic (exact) mass is 439 g/mol. The number of rotatable bonds is 5. The maximum Gasteiger partial charge on any atom is 0.323 e. The van der Waals surface area contributed by atoms with Crippen molar-refractivity contribution < 1.29 is 14.3 Å². The van der Waals surface area contributed by atoms with Gasteiger partial charge in [-0.05, 0) is 42.5 Å². The summed E-state index contributed by atoms with van der Waals surface area (Å²) in [4.78, 5) is 17.0. The van der Waals surface area contributed by atoms with Crippen molar-refractivity contribution in [1.82, 2.24) is 4.98 Å². The minimum absolute atomic E-state index is 0.397. The summed E-state index contributed by atoms with van der Waals surface area (Å²) in [5, 5.41) is 6.89. The first kappa shape index (κ1) is 20.0. The summed E-state index contributed by atoms with van der Waals surface area (Å²) in [5.41, 5.74) is 2.90. The van der Waals surface area contributed by atoms with E-state index in [0.717, 1.165) is 20.8 Å². The van der Waals surface area contributed by atoms with E-state index in [9.17, 15) is 4.79 Å². The zero-order valence-electron chi connectivity index (χ0n) is 16.2. The molecule has 0 unspecified atom stereocenters. The van der Waals surface area contributed by atoms with Crippen LogP contribution in [0.15, 0.2) is 60.7 Å². The number of nitrogens with one attached hydrogen (secondary N) is 2. The number of benzene rings is 3. The number of aromatic nitrogens is 1. The topological polar surface area (TPSA) is 72.5 Å². The molecule has 8 heteroatoms. The normalized spacial score (nSPS) is 10.6. The fourth-order valence-corrected chi connectivity index (χ4v) is 4.29. The van der Waals surface area contributed by atoms with Gasteiger partial charge in [-0.1, -0.05) is 23.7 Å². The number of methoxy groups -OCH3 is 2. The summed E-state index contributed by atoms with van der Waals surface area (Å²) >= 11 is 8.05. The lowest BCUT2D eigenvalue weighted by Gasteiger charge is -2.12. The molecule has 0 fully saturated rings. The molecule has 0 saturated heterocycles. The van der Waals surface area contributed by atoms with Crippen molar-refractivity contribution in [2.75, 3.05) is 24.9 Å².